The predicted molar refractivity (Wildman–Crippen MR) is 66.4 cm³/mol. The minimum atomic E-state index is -0.227. The first-order chi connectivity index (χ1) is 6.81. The van der Waals surface area contributed by atoms with Crippen molar-refractivity contribution in [3.05, 3.63) is 20.8 Å². The van der Waals surface area contributed by atoms with Gasteiger partial charge in [0.25, 0.3) is 0 Å². The minimum Gasteiger partial charge on any atom is -0.341 e. The van der Waals surface area contributed by atoms with E-state index in [2.05, 4.69) is 20.8 Å². The second-order valence-electron chi connectivity index (χ2n) is 2.86. The Labute approximate surface area is 110 Å². The van der Waals surface area contributed by atoms with Gasteiger partial charge in [0.05, 0.1) is 0 Å². The molecule has 0 amide bonds. The van der Waals surface area contributed by atoms with Crippen LogP contribution in [0.1, 0.15) is 19.3 Å². The van der Waals surface area contributed by atoms with Crippen LogP contribution in [0.2, 0.25) is 0 Å². The van der Waals surface area contributed by atoms with Crippen molar-refractivity contribution >= 4 is 0 Å². The molecule has 0 rings (SSSR count). The molecule has 0 aliphatic heterocycles. The fourth-order valence-corrected chi connectivity index (χ4v) is 0. The van der Waals surface area contributed by atoms with Crippen molar-refractivity contribution in [2.75, 3.05) is 0 Å². The largest absolute Gasteiger partial charge is 3.00 e. The van der Waals surface area contributed by atoms with Gasteiger partial charge >= 0.3 is 16.8 Å². The Morgan fingerprint density at radius 3 is 0.625 bits per heavy atom. The minimum absolute atomic E-state index is 0. The molecule has 0 saturated heterocycles. The van der Waals surface area contributed by atoms with Crippen molar-refractivity contribution in [2.24, 2.45) is 34.4 Å². The monoisotopic (exact) mass is 278 g/mol. The zero-order valence-corrected chi connectivity index (χ0v) is 10.8. The summed E-state index contributed by atoms with van der Waals surface area (Å²) >= 11 is 0. The van der Waals surface area contributed by atoms with E-state index in [1.165, 1.54) is 0 Å². The van der Waals surface area contributed by atoms with Crippen LogP contribution in [-0.4, -0.2) is 18.5 Å². The third-order valence-corrected chi connectivity index (χ3v) is 1.00. The Morgan fingerprint density at radius 1 is 0.562 bits per heavy atom. The summed E-state index contributed by atoms with van der Waals surface area (Å²) in [7, 11) is 0. The van der Waals surface area contributed by atoms with Crippen LogP contribution in [0.15, 0.2) is 0 Å². The Hall–Kier alpha value is 0.266. The normalized spacial score (nSPS) is 9.00. The first kappa shape index (κ1) is 25.2. The van der Waals surface area contributed by atoms with Crippen molar-refractivity contribution in [3.8, 4) is 0 Å². The van der Waals surface area contributed by atoms with E-state index in [0.717, 1.165) is 0 Å². The standard InChI is InChI=1S/3C3H9N2.Co/c3*1-2-3(4)5;/h3*3H,1-2,4-5H2;/q3*-1;+3. The van der Waals surface area contributed by atoms with Crippen molar-refractivity contribution in [3.63, 3.8) is 0 Å². The van der Waals surface area contributed by atoms with E-state index in [4.69, 9.17) is 34.4 Å². The second kappa shape index (κ2) is 20.7. The van der Waals surface area contributed by atoms with Crippen LogP contribution in [0, 0.1) is 20.8 Å². The summed E-state index contributed by atoms with van der Waals surface area (Å²) in [6.07, 6.45) is 1.15. The summed E-state index contributed by atoms with van der Waals surface area (Å²) in [4.78, 5) is 0. The fourth-order valence-electron chi connectivity index (χ4n) is 0. The van der Waals surface area contributed by atoms with Crippen LogP contribution in [-0.2, 0) is 16.8 Å². The molecular weight excluding hydrogens is 251 g/mol. The van der Waals surface area contributed by atoms with Gasteiger partial charge in [-0.15, -0.1) is 0 Å². The molecule has 0 heterocycles. The van der Waals surface area contributed by atoms with Crippen molar-refractivity contribution in [2.45, 2.75) is 37.8 Å². The molecule has 16 heavy (non-hydrogen) atoms. The molecular formula is C9H27CoN6. The SMILES string of the molecule is [CH2-]CC(N)N.[CH2-]CC(N)N.[CH2-]CC(N)N.[Co+3]. The molecule has 0 atom stereocenters. The summed E-state index contributed by atoms with van der Waals surface area (Å²) in [6.45, 7) is 10.3. The molecule has 0 radical (unpaired) electrons. The van der Waals surface area contributed by atoms with Gasteiger partial charge in [0.1, 0.15) is 0 Å². The summed E-state index contributed by atoms with van der Waals surface area (Å²) in [5, 5.41) is 0. The Balaban J connectivity index is -0.0000000655. The molecule has 0 aromatic heterocycles. The van der Waals surface area contributed by atoms with E-state index in [0.29, 0.717) is 19.3 Å². The van der Waals surface area contributed by atoms with E-state index in [1.807, 2.05) is 0 Å². The summed E-state index contributed by atoms with van der Waals surface area (Å²) in [5.41, 5.74) is 30.0. The first-order valence-corrected chi connectivity index (χ1v) is 4.72. The Morgan fingerprint density at radius 2 is 0.625 bits per heavy atom. The Kier molecular flexibility index (Phi) is 32.5. The summed E-state index contributed by atoms with van der Waals surface area (Å²) in [5.74, 6) is 0. The molecule has 0 aromatic carbocycles. The maximum absolute atomic E-state index is 5.01. The van der Waals surface area contributed by atoms with E-state index >= 15 is 0 Å². The summed E-state index contributed by atoms with van der Waals surface area (Å²) < 4.78 is 0. The molecule has 6 nitrogen and oxygen atoms in total. The van der Waals surface area contributed by atoms with E-state index in [-0.39, 0.29) is 35.3 Å². The zero-order valence-electron chi connectivity index (χ0n) is 9.77. The maximum Gasteiger partial charge on any atom is 3.00 e. The first-order valence-electron chi connectivity index (χ1n) is 4.72. The van der Waals surface area contributed by atoms with Gasteiger partial charge in [-0.1, -0.05) is 0 Å². The smallest absolute Gasteiger partial charge is 0.341 e. The molecule has 12 N–H and O–H groups in total. The van der Waals surface area contributed by atoms with Crippen LogP contribution < -0.4 is 34.4 Å². The van der Waals surface area contributed by atoms with Gasteiger partial charge in [0.2, 0.25) is 0 Å². The number of hydrogen-bond acceptors (Lipinski definition) is 6. The van der Waals surface area contributed by atoms with Gasteiger partial charge in [0, 0.05) is 18.5 Å². The molecule has 0 aliphatic rings. The van der Waals surface area contributed by atoms with Crippen LogP contribution in [0.4, 0.5) is 0 Å². The third kappa shape index (κ3) is 63.9. The topological polar surface area (TPSA) is 156 Å². The van der Waals surface area contributed by atoms with Crippen LogP contribution >= 0.6 is 0 Å². The Bertz CT molecular complexity index is 81.0. The van der Waals surface area contributed by atoms with E-state index in [1.54, 1.807) is 0 Å². The van der Waals surface area contributed by atoms with Crippen molar-refractivity contribution < 1.29 is 16.8 Å². The van der Waals surface area contributed by atoms with Gasteiger partial charge < -0.3 is 55.2 Å². The maximum atomic E-state index is 5.01. The predicted octanol–water partition coefficient (Wildman–Crippen LogP) is -1.64. The van der Waals surface area contributed by atoms with E-state index in [9.17, 15) is 0 Å². The molecule has 0 unspecified atom stereocenters. The van der Waals surface area contributed by atoms with Gasteiger partial charge in [-0.3, -0.25) is 0 Å². The molecule has 0 spiro atoms. The zero-order chi connectivity index (χ0) is 12.9. The molecule has 102 valence electrons. The van der Waals surface area contributed by atoms with Gasteiger partial charge in [-0.05, 0) is 0 Å². The van der Waals surface area contributed by atoms with Crippen LogP contribution in [0.5, 0.6) is 0 Å². The van der Waals surface area contributed by atoms with Crippen LogP contribution in [0.25, 0.3) is 0 Å². The molecule has 0 fully saturated rings. The fraction of sp³-hybridized carbons (Fsp3) is 0.667. The van der Waals surface area contributed by atoms with Crippen molar-refractivity contribution in [1.29, 1.82) is 0 Å². The van der Waals surface area contributed by atoms with Gasteiger partial charge in [-0.25, -0.2) is 0 Å². The second-order valence-corrected chi connectivity index (χ2v) is 2.86. The van der Waals surface area contributed by atoms with Gasteiger partial charge in [-0.2, -0.15) is 19.3 Å². The van der Waals surface area contributed by atoms with Crippen LogP contribution in [0.3, 0.4) is 0 Å². The molecule has 0 bridgehead atoms. The average molecular weight is 278 g/mol. The molecule has 7 heteroatoms. The number of nitrogens with two attached hydrogens (primary N) is 6. The molecule has 0 aromatic rings. The van der Waals surface area contributed by atoms with E-state index < -0.39 is 0 Å². The van der Waals surface area contributed by atoms with Crippen molar-refractivity contribution in [1.82, 2.24) is 0 Å². The summed E-state index contributed by atoms with van der Waals surface area (Å²) in [6, 6.07) is 0. The molecule has 0 aliphatic carbocycles. The quantitative estimate of drug-likeness (QED) is 0.268. The number of hydrogen-bond donors (Lipinski definition) is 6. The third-order valence-electron chi connectivity index (χ3n) is 1.00. The average Bonchev–Trinajstić information content (AvgIpc) is 2.19. The molecule has 0 saturated carbocycles. The van der Waals surface area contributed by atoms with Gasteiger partial charge in [0.15, 0.2) is 0 Å². The number of rotatable bonds is 3.